The first-order valence-electron chi connectivity index (χ1n) is 11.3. The van der Waals surface area contributed by atoms with Gasteiger partial charge in [0.25, 0.3) is 0 Å². The van der Waals surface area contributed by atoms with Crippen molar-refractivity contribution in [3.8, 4) is 5.88 Å². The van der Waals surface area contributed by atoms with Crippen molar-refractivity contribution in [2.45, 2.75) is 19.8 Å². The van der Waals surface area contributed by atoms with Crippen molar-refractivity contribution in [1.82, 2.24) is 15.2 Å². The number of carboxylic acid groups (broad SMARTS) is 1. The van der Waals surface area contributed by atoms with Gasteiger partial charge in [0.15, 0.2) is 0 Å². The SMILES string of the molecule is COc1cc(C)c(/C(=C(\c2ccc(/C=C/C(=O)O)cc2)c2ccc3[nH]nc(F)c3c2)C2CC2)cn1. The Morgan fingerprint density at radius 1 is 1.14 bits per heavy atom. The second-order valence-electron chi connectivity index (χ2n) is 8.67. The molecule has 0 unspecified atom stereocenters. The number of methoxy groups -OCH3 is 1. The Morgan fingerprint density at radius 2 is 1.89 bits per heavy atom. The summed E-state index contributed by atoms with van der Waals surface area (Å²) in [6.07, 6.45) is 6.64. The smallest absolute Gasteiger partial charge is 0.328 e. The highest BCUT2D eigenvalue weighted by atomic mass is 19.1. The summed E-state index contributed by atoms with van der Waals surface area (Å²) in [5.74, 6) is -0.621. The topological polar surface area (TPSA) is 88.1 Å². The van der Waals surface area contributed by atoms with Crippen molar-refractivity contribution in [3.63, 3.8) is 0 Å². The molecule has 0 saturated heterocycles. The number of aryl methyl sites for hydroxylation is 1. The number of halogens is 1. The first-order chi connectivity index (χ1) is 16.9. The van der Waals surface area contributed by atoms with Gasteiger partial charge in [0.1, 0.15) is 0 Å². The van der Waals surface area contributed by atoms with Crippen LogP contribution >= 0.6 is 0 Å². The molecule has 0 bridgehead atoms. The van der Waals surface area contributed by atoms with Gasteiger partial charge < -0.3 is 9.84 Å². The molecule has 1 aliphatic carbocycles. The fourth-order valence-electron chi connectivity index (χ4n) is 4.40. The Balaban J connectivity index is 1.74. The van der Waals surface area contributed by atoms with Crippen LogP contribution in [0.1, 0.15) is 40.7 Å². The van der Waals surface area contributed by atoms with Crippen LogP contribution in [0.25, 0.3) is 28.1 Å². The molecule has 0 amide bonds. The summed E-state index contributed by atoms with van der Waals surface area (Å²) in [7, 11) is 1.60. The number of rotatable bonds is 7. The highest BCUT2D eigenvalue weighted by Crippen LogP contribution is 2.48. The highest BCUT2D eigenvalue weighted by molar-refractivity contribution is 6.02. The molecule has 2 aromatic carbocycles. The van der Waals surface area contributed by atoms with Crippen LogP contribution in [0.15, 0.2) is 60.8 Å². The number of allylic oxidation sites excluding steroid dienone is 1. The number of benzene rings is 2. The van der Waals surface area contributed by atoms with E-state index in [-0.39, 0.29) is 0 Å². The van der Waals surface area contributed by atoms with Gasteiger partial charge >= 0.3 is 5.97 Å². The van der Waals surface area contributed by atoms with Crippen LogP contribution in [0.4, 0.5) is 4.39 Å². The normalized spacial score (nSPS) is 14.4. The predicted octanol–water partition coefficient (Wildman–Crippen LogP) is 5.88. The third-order valence-electron chi connectivity index (χ3n) is 6.26. The average molecular weight is 470 g/mol. The second-order valence-corrected chi connectivity index (χ2v) is 8.67. The van der Waals surface area contributed by atoms with Gasteiger partial charge in [-0.05, 0) is 77.3 Å². The van der Waals surface area contributed by atoms with Crippen molar-refractivity contribution >= 4 is 34.1 Å². The van der Waals surface area contributed by atoms with Crippen molar-refractivity contribution in [1.29, 1.82) is 0 Å². The fraction of sp³-hybridized carbons (Fsp3) is 0.179. The van der Waals surface area contributed by atoms with Crippen LogP contribution in [0.3, 0.4) is 0 Å². The Labute approximate surface area is 201 Å². The average Bonchev–Trinajstić information content (AvgIpc) is 3.64. The molecule has 2 N–H and O–H groups in total. The van der Waals surface area contributed by atoms with E-state index >= 15 is 0 Å². The predicted molar refractivity (Wildman–Crippen MR) is 133 cm³/mol. The van der Waals surface area contributed by atoms with Gasteiger partial charge in [0.05, 0.1) is 18.0 Å². The summed E-state index contributed by atoms with van der Waals surface area (Å²) in [5, 5.41) is 15.8. The largest absolute Gasteiger partial charge is 0.481 e. The van der Waals surface area contributed by atoms with Gasteiger partial charge in [-0.25, -0.2) is 9.78 Å². The molecule has 35 heavy (non-hydrogen) atoms. The molecule has 1 aliphatic rings. The number of hydrogen-bond acceptors (Lipinski definition) is 4. The number of hydrogen-bond donors (Lipinski definition) is 2. The summed E-state index contributed by atoms with van der Waals surface area (Å²) in [5.41, 5.74) is 7.49. The number of H-pyrrole nitrogens is 1. The van der Waals surface area contributed by atoms with Gasteiger partial charge in [0, 0.05) is 23.9 Å². The summed E-state index contributed by atoms with van der Waals surface area (Å²) >= 11 is 0. The molecule has 0 aliphatic heterocycles. The Hall–Kier alpha value is -4.26. The third-order valence-corrected chi connectivity index (χ3v) is 6.26. The van der Waals surface area contributed by atoms with E-state index < -0.39 is 11.9 Å². The van der Waals surface area contributed by atoms with E-state index in [4.69, 9.17) is 9.84 Å². The molecule has 1 saturated carbocycles. The maximum absolute atomic E-state index is 14.4. The molecule has 4 aromatic rings. The summed E-state index contributed by atoms with van der Waals surface area (Å²) in [6.45, 7) is 2.04. The van der Waals surface area contributed by atoms with Gasteiger partial charge in [-0.3, -0.25) is 5.10 Å². The zero-order valence-corrected chi connectivity index (χ0v) is 19.4. The maximum atomic E-state index is 14.4. The van der Waals surface area contributed by atoms with Crippen molar-refractivity contribution in [3.05, 3.63) is 94.6 Å². The quantitative estimate of drug-likeness (QED) is 0.330. The van der Waals surface area contributed by atoms with Gasteiger partial charge in [0.2, 0.25) is 11.8 Å². The van der Waals surface area contributed by atoms with E-state index in [1.807, 2.05) is 61.7 Å². The van der Waals surface area contributed by atoms with Crippen LogP contribution in [-0.4, -0.2) is 33.4 Å². The number of aromatic nitrogens is 3. The number of carboxylic acids is 1. The monoisotopic (exact) mass is 469 g/mol. The first-order valence-corrected chi connectivity index (χ1v) is 11.3. The van der Waals surface area contributed by atoms with E-state index in [2.05, 4.69) is 15.2 Å². The molecule has 0 radical (unpaired) electrons. The Morgan fingerprint density at radius 3 is 2.54 bits per heavy atom. The lowest BCUT2D eigenvalue weighted by Crippen LogP contribution is -2.01. The van der Waals surface area contributed by atoms with E-state index in [0.29, 0.717) is 22.7 Å². The van der Waals surface area contributed by atoms with Crippen LogP contribution in [0.5, 0.6) is 5.88 Å². The molecular weight excluding hydrogens is 445 g/mol. The lowest BCUT2D eigenvalue weighted by atomic mass is 9.85. The highest BCUT2D eigenvalue weighted by Gasteiger charge is 2.32. The number of pyridine rings is 1. The van der Waals surface area contributed by atoms with Gasteiger partial charge in [-0.1, -0.05) is 30.3 Å². The maximum Gasteiger partial charge on any atom is 0.328 e. The molecule has 0 atom stereocenters. The number of carbonyl (C=O) groups is 1. The molecule has 5 rings (SSSR count). The zero-order chi connectivity index (χ0) is 24.5. The molecular formula is C28H24FN3O3. The molecule has 2 heterocycles. The number of nitrogens with zero attached hydrogens (tertiary/aromatic N) is 2. The minimum Gasteiger partial charge on any atom is -0.481 e. The number of aromatic amines is 1. The van der Waals surface area contributed by atoms with Crippen LogP contribution < -0.4 is 4.74 Å². The van der Waals surface area contributed by atoms with Crippen LogP contribution in [-0.2, 0) is 4.79 Å². The van der Waals surface area contributed by atoms with Gasteiger partial charge in [-0.2, -0.15) is 4.39 Å². The van der Waals surface area contributed by atoms with Crippen molar-refractivity contribution in [2.24, 2.45) is 5.92 Å². The van der Waals surface area contributed by atoms with Crippen molar-refractivity contribution in [2.75, 3.05) is 7.11 Å². The summed E-state index contributed by atoms with van der Waals surface area (Å²) in [6, 6.07) is 15.3. The van der Waals surface area contributed by atoms with E-state index in [1.54, 1.807) is 13.2 Å². The Bertz CT molecular complexity index is 1480. The number of aliphatic carboxylic acids is 1. The molecule has 176 valence electrons. The molecule has 6 nitrogen and oxygen atoms in total. The summed E-state index contributed by atoms with van der Waals surface area (Å²) < 4.78 is 19.7. The molecule has 1 fully saturated rings. The van der Waals surface area contributed by atoms with E-state index in [1.165, 1.54) is 0 Å². The van der Waals surface area contributed by atoms with Crippen LogP contribution in [0, 0.1) is 18.8 Å². The zero-order valence-electron chi connectivity index (χ0n) is 19.4. The van der Waals surface area contributed by atoms with Crippen molar-refractivity contribution < 1.29 is 19.0 Å². The third kappa shape index (κ3) is 4.57. The lowest BCUT2D eigenvalue weighted by Gasteiger charge is -2.19. The molecule has 2 aromatic heterocycles. The Kier molecular flexibility index (Phi) is 5.91. The fourth-order valence-corrected chi connectivity index (χ4v) is 4.40. The standard InChI is InChI=1S/C28H24FN3O3/c1-16-13-24(35-2)30-15-22(16)27(19-8-9-19)26(18-6-3-17(4-7-18)5-12-25(33)34)20-10-11-23-21(14-20)28(29)32-31-23/h3-7,10-15,19H,8-9H2,1-2H3,(H,31,32)(H,33,34)/b12-5+,27-26+. The number of ether oxygens (including phenoxy) is 1. The van der Waals surface area contributed by atoms with Crippen LogP contribution in [0.2, 0.25) is 0 Å². The number of nitrogens with one attached hydrogen (secondary N) is 1. The molecule has 0 spiro atoms. The van der Waals surface area contributed by atoms with Gasteiger partial charge in [-0.15, -0.1) is 5.10 Å². The van der Waals surface area contributed by atoms with E-state index in [0.717, 1.165) is 57.9 Å². The summed E-state index contributed by atoms with van der Waals surface area (Å²) in [4.78, 5) is 15.4. The second kappa shape index (κ2) is 9.18. The molecule has 7 heteroatoms. The minimum absolute atomic E-state index is 0.357. The lowest BCUT2D eigenvalue weighted by molar-refractivity contribution is -0.131. The van der Waals surface area contributed by atoms with E-state index in [9.17, 15) is 9.18 Å². The number of fused-ring (bicyclic) bond motifs is 1. The minimum atomic E-state index is -0.997. The first kappa shape index (κ1) is 22.5.